The second kappa shape index (κ2) is 4.54. The summed E-state index contributed by atoms with van der Waals surface area (Å²) < 4.78 is 2.20. The molecule has 1 aliphatic heterocycles. The minimum atomic E-state index is 0.644. The third-order valence-corrected chi connectivity index (χ3v) is 3.91. The summed E-state index contributed by atoms with van der Waals surface area (Å²) in [5.41, 5.74) is 6.48. The van der Waals surface area contributed by atoms with E-state index in [-0.39, 0.29) is 0 Å². The summed E-state index contributed by atoms with van der Waals surface area (Å²) in [6.45, 7) is 1.66. The van der Waals surface area contributed by atoms with Crippen molar-refractivity contribution in [2.24, 2.45) is 5.73 Å². The van der Waals surface area contributed by atoms with E-state index in [1.54, 1.807) is 11.3 Å². The number of fused-ring (bicyclic) bond motifs is 1. The van der Waals surface area contributed by atoms with Crippen LogP contribution in [-0.4, -0.2) is 26.3 Å². The van der Waals surface area contributed by atoms with Crippen LogP contribution in [0.4, 0.5) is 0 Å². The standard InChI is InChI=1S/C11H15N5S/c12-5-4-10-13-8(7-17-10)11-15-14-9-3-1-2-6-16(9)11/h7H,1-6,12H2. The van der Waals surface area contributed by atoms with Crippen molar-refractivity contribution in [3.8, 4) is 11.5 Å². The van der Waals surface area contributed by atoms with Gasteiger partial charge in [0.05, 0.1) is 5.01 Å². The number of nitrogens with zero attached hydrogens (tertiary/aromatic N) is 4. The second-order valence-corrected chi connectivity index (χ2v) is 5.16. The molecule has 6 heteroatoms. The first kappa shape index (κ1) is 10.9. The van der Waals surface area contributed by atoms with E-state index in [4.69, 9.17) is 5.73 Å². The van der Waals surface area contributed by atoms with Gasteiger partial charge in [-0.2, -0.15) is 0 Å². The molecular weight excluding hydrogens is 234 g/mol. The highest BCUT2D eigenvalue weighted by molar-refractivity contribution is 7.09. The molecular formula is C11H15N5S. The van der Waals surface area contributed by atoms with E-state index in [2.05, 4.69) is 25.1 Å². The normalized spacial score (nSPS) is 14.9. The Balaban J connectivity index is 1.94. The predicted octanol–water partition coefficient (Wildman–Crippen LogP) is 1.24. The monoisotopic (exact) mass is 249 g/mol. The highest BCUT2D eigenvalue weighted by Crippen LogP contribution is 2.24. The Hall–Kier alpha value is -1.27. The molecule has 0 saturated heterocycles. The zero-order valence-corrected chi connectivity index (χ0v) is 10.4. The molecule has 0 aliphatic carbocycles. The lowest BCUT2D eigenvalue weighted by atomic mass is 10.1. The van der Waals surface area contributed by atoms with Gasteiger partial charge in [0.25, 0.3) is 0 Å². The van der Waals surface area contributed by atoms with Gasteiger partial charge >= 0.3 is 0 Å². The van der Waals surface area contributed by atoms with Crippen molar-refractivity contribution in [3.05, 3.63) is 16.2 Å². The molecule has 1 aliphatic rings. The summed E-state index contributed by atoms with van der Waals surface area (Å²) in [6.07, 6.45) is 4.30. The van der Waals surface area contributed by atoms with Crippen molar-refractivity contribution in [1.82, 2.24) is 19.7 Å². The van der Waals surface area contributed by atoms with E-state index in [1.165, 1.54) is 12.8 Å². The predicted molar refractivity (Wildman–Crippen MR) is 66.8 cm³/mol. The van der Waals surface area contributed by atoms with E-state index < -0.39 is 0 Å². The largest absolute Gasteiger partial charge is 0.330 e. The Bertz CT molecular complexity index is 516. The van der Waals surface area contributed by atoms with Crippen LogP contribution in [0.1, 0.15) is 23.7 Å². The fourth-order valence-corrected chi connectivity index (χ4v) is 2.94. The van der Waals surface area contributed by atoms with Gasteiger partial charge in [0.15, 0.2) is 5.82 Å². The summed E-state index contributed by atoms with van der Waals surface area (Å²) >= 11 is 1.65. The van der Waals surface area contributed by atoms with Crippen LogP contribution in [0.5, 0.6) is 0 Å². The van der Waals surface area contributed by atoms with Crippen LogP contribution in [0.2, 0.25) is 0 Å². The average Bonchev–Trinajstić information content (AvgIpc) is 2.95. The van der Waals surface area contributed by atoms with Crippen molar-refractivity contribution < 1.29 is 0 Å². The molecule has 3 rings (SSSR count). The third-order valence-electron chi connectivity index (χ3n) is 3.00. The summed E-state index contributed by atoms with van der Waals surface area (Å²) in [4.78, 5) is 4.57. The minimum Gasteiger partial charge on any atom is -0.330 e. The molecule has 0 fully saturated rings. The van der Waals surface area contributed by atoms with Crippen LogP contribution in [0, 0.1) is 0 Å². The van der Waals surface area contributed by atoms with Crippen LogP contribution in [0.25, 0.3) is 11.5 Å². The summed E-state index contributed by atoms with van der Waals surface area (Å²) in [7, 11) is 0. The van der Waals surface area contributed by atoms with Gasteiger partial charge in [-0.15, -0.1) is 21.5 Å². The van der Waals surface area contributed by atoms with Crippen LogP contribution >= 0.6 is 11.3 Å². The SMILES string of the molecule is NCCc1nc(-c2nnc3n2CCCC3)cs1. The fraction of sp³-hybridized carbons (Fsp3) is 0.545. The number of rotatable bonds is 3. The Kier molecular flexibility index (Phi) is 2.90. The molecule has 0 unspecified atom stereocenters. The first-order valence-electron chi connectivity index (χ1n) is 5.95. The molecule has 0 saturated carbocycles. The van der Waals surface area contributed by atoms with Gasteiger partial charge in [-0.3, -0.25) is 0 Å². The van der Waals surface area contributed by atoms with E-state index in [9.17, 15) is 0 Å². The van der Waals surface area contributed by atoms with Crippen molar-refractivity contribution in [2.75, 3.05) is 6.54 Å². The molecule has 17 heavy (non-hydrogen) atoms. The van der Waals surface area contributed by atoms with Crippen molar-refractivity contribution in [3.63, 3.8) is 0 Å². The van der Waals surface area contributed by atoms with Gasteiger partial charge in [-0.05, 0) is 19.4 Å². The summed E-state index contributed by atoms with van der Waals surface area (Å²) in [5.74, 6) is 2.01. The molecule has 2 N–H and O–H groups in total. The molecule has 0 radical (unpaired) electrons. The van der Waals surface area contributed by atoms with Crippen LogP contribution in [-0.2, 0) is 19.4 Å². The molecule has 0 amide bonds. The van der Waals surface area contributed by atoms with Crippen molar-refractivity contribution in [1.29, 1.82) is 0 Å². The number of aromatic nitrogens is 4. The Morgan fingerprint density at radius 1 is 1.35 bits per heavy atom. The first-order chi connectivity index (χ1) is 8.38. The van der Waals surface area contributed by atoms with Crippen LogP contribution < -0.4 is 5.73 Å². The molecule has 0 aromatic carbocycles. The third kappa shape index (κ3) is 1.98. The second-order valence-electron chi connectivity index (χ2n) is 4.21. The van der Waals surface area contributed by atoms with E-state index in [0.29, 0.717) is 6.54 Å². The number of nitrogens with two attached hydrogens (primary N) is 1. The van der Waals surface area contributed by atoms with Gasteiger partial charge in [0.2, 0.25) is 0 Å². The van der Waals surface area contributed by atoms with Gasteiger partial charge in [0, 0.05) is 24.8 Å². The Labute approximate surface area is 104 Å². The zero-order chi connectivity index (χ0) is 11.7. The molecule has 2 aromatic heterocycles. The number of aryl methyl sites for hydroxylation is 1. The minimum absolute atomic E-state index is 0.644. The molecule has 2 aromatic rings. The van der Waals surface area contributed by atoms with E-state index in [0.717, 1.165) is 41.7 Å². The molecule has 0 spiro atoms. The van der Waals surface area contributed by atoms with Crippen LogP contribution in [0.15, 0.2) is 5.38 Å². The van der Waals surface area contributed by atoms with E-state index >= 15 is 0 Å². The number of hydrogen-bond donors (Lipinski definition) is 1. The molecule has 0 bridgehead atoms. The summed E-state index contributed by atoms with van der Waals surface area (Å²) in [5, 5.41) is 11.6. The van der Waals surface area contributed by atoms with Crippen molar-refractivity contribution >= 4 is 11.3 Å². The molecule has 3 heterocycles. The van der Waals surface area contributed by atoms with Crippen molar-refractivity contribution in [2.45, 2.75) is 32.2 Å². The molecule has 90 valence electrons. The fourth-order valence-electron chi connectivity index (χ4n) is 2.15. The maximum atomic E-state index is 5.53. The van der Waals surface area contributed by atoms with Gasteiger partial charge in [-0.1, -0.05) is 0 Å². The van der Waals surface area contributed by atoms with E-state index in [1.807, 2.05) is 0 Å². The van der Waals surface area contributed by atoms with Gasteiger partial charge in [-0.25, -0.2) is 4.98 Å². The summed E-state index contributed by atoms with van der Waals surface area (Å²) in [6, 6.07) is 0. The zero-order valence-electron chi connectivity index (χ0n) is 9.59. The first-order valence-corrected chi connectivity index (χ1v) is 6.83. The quantitative estimate of drug-likeness (QED) is 0.888. The average molecular weight is 249 g/mol. The van der Waals surface area contributed by atoms with Gasteiger partial charge < -0.3 is 10.3 Å². The topological polar surface area (TPSA) is 69.6 Å². The van der Waals surface area contributed by atoms with Gasteiger partial charge in [0.1, 0.15) is 11.5 Å². The van der Waals surface area contributed by atoms with Crippen LogP contribution in [0.3, 0.4) is 0 Å². The highest BCUT2D eigenvalue weighted by atomic mass is 32.1. The molecule has 0 atom stereocenters. The number of hydrogen-bond acceptors (Lipinski definition) is 5. The maximum absolute atomic E-state index is 5.53. The lowest BCUT2D eigenvalue weighted by Gasteiger charge is -2.13. The molecule has 5 nitrogen and oxygen atoms in total. The Morgan fingerprint density at radius 2 is 2.29 bits per heavy atom. The highest BCUT2D eigenvalue weighted by Gasteiger charge is 2.18. The lowest BCUT2D eigenvalue weighted by Crippen LogP contribution is -2.11. The Morgan fingerprint density at radius 3 is 3.18 bits per heavy atom. The smallest absolute Gasteiger partial charge is 0.183 e. The number of thiazole rings is 1. The maximum Gasteiger partial charge on any atom is 0.183 e. The lowest BCUT2D eigenvalue weighted by molar-refractivity contribution is 0.525.